The van der Waals surface area contributed by atoms with Crippen LogP contribution in [0, 0.1) is 11.5 Å². The molecule has 2 aromatic rings. The van der Waals surface area contributed by atoms with Crippen LogP contribution in [-0.2, 0) is 40.5 Å². The van der Waals surface area contributed by atoms with E-state index in [9.17, 15) is 4.79 Å². The van der Waals surface area contributed by atoms with Gasteiger partial charge in [0.25, 0.3) is 0 Å². The van der Waals surface area contributed by atoms with Gasteiger partial charge in [0.05, 0.1) is 32.5 Å². The predicted molar refractivity (Wildman–Crippen MR) is 236 cm³/mol. The second-order valence-electron chi connectivity index (χ2n) is 17.2. The minimum atomic E-state index is -2.30. The topological polar surface area (TPSA) is 81.7 Å². The first-order chi connectivity index (χ1) is 26.3. The Labute approximate surface area is 341 Å². The van der Waals surface area contributed by atoms with E-state index in [1.807, 2.05) is 30.4 Å². The van der Waals surface area contributed by atoms with E-state index in [-0.39, 0.29) is 17.8 Å². The highest BCUT2D eigenvalue weighted by Gasteiger charge is 2.45. The molecule has 11 heteroatoms. The van der Waals surface area contributed by atoms with Gasteiger partial charge in [-0.15, -0.1) is 5.54 Å². The molecule has 2 aromatic carbocycles. The Morgan fingerprint density at radius 1 is 0.911 bits per heavy atom. The van der Waals surface area contributed by atoms with E-state index in [0.29, 0.717) is 30.9 Å². The summed E-state index contributed by atoms with van der Waals surface area (Å²) in [6, 6.07) is 20.2. The van der Waals surface area contributed by atoms with Crippen LogP contribution in [-0.4, -0.2) is 75.6 Å². The van der Waals surface area contributed by atoms with Gasteiger partial charge < -0.3 is 32.5 Å². The monoisotopic (exact) mass is 822 g/mol. The SMILES string of the molecule is CC[Si](CC)(CC)O[C@](C)(/C=C/[C@H]1CC=CC(=O)O1)[C@@H](C[C@H](C#C[Si](C)(C)Cc1ccccc1)O[Si](C)(C)C(C)(C)C)OCOCc1ccc(OC)c(OC)c1. The maximum Gasteiger partial charge on any atom is 0.331 e. The summed E-state index contributed by atoms with van der Waals surface area (Å²) in [5, 5.41) is -0.0322. The van der Waals surface area contributed by atoms with Crippen LogP contribution < -0.4 is 9.47 Å². The number of hydrogen-bond acceptors (Lipinski definition) is 8. The lowest BCUT2D eigenvalue weighted by molar-refractivity contribution is -0.149. The molecular weight excluding hydrogens is 753 g/mol. The third kappa shape index (κ3) is 14.1. The van der Waals surface area contributed by atoms with Gasteiger partial charge in [-0.05, 0) is 78.6 Å². The van der Waals surface area contributed by atoms with Gasteiger partial charge in [-0.2, -0.15) is 0 Å². The van der Waals surface area contributed by atoms with Crippen LogP contribution >= 0.6 is 0 Å². The quantitative estimate of drug-likeness (QED) is 0.0308. The van der Waals surface area contributed by atoms with Crippen LogP contribution in [0.1, 0.15) is 72.4 Å². The molecule has 1 aliphatic heterocycles. The maximum absolute atomic E-state index is 12.2. The Balaban J connectivity index is 2.10. The maximum atomic E-state index is 12.2. The number of carbonyl (C=O) groups excluding carboxylic acids is 1. The molecule has 56 heavy (non-hydrogen) atoms. The van der Waals surface area contributed by atoms with E-state index < -0.39 is 48.6 Å². The molecule has 0 amide bonds. The molecule has 0 N–H and O–H groups in total. The lowest BCUT2D eigenvalue weighted by atomic mass is 9.93. The van der Waals surface area contributed by atoms with Crippen LogP contribution in [0.3, 0.4) is 0 Å². The Morgan fingerprint density at radius 3 is 2.16 bits per heavy atom. The largest absolute Gasteiger partial charge is 0.493 e. The fraction of sp³-hybridized carbons (Fsp3) is 0.578. The smallest absolute Gasteiger partial charge is 0.331 e. The number of carbonyl (C=O) groups is 1. The number of cyclic esters (lactones) is 1. The van der Waals surface area contributed by atoms with E-state index in [1.165, 1.54) is 11.6 Å². The molecule has 0 aliphatic carbocycles. The molecule has 1 heterocycles. The second kappa shape index (κ2) is 21.2. The molecule has 8 nitrogen and oxygen atoms in total. The van der Waals surface area contributed by atoms with Crippen LogP contribution in [0.5, 0.6) is 11.5 Å². The van der Waals surface area contributed by atoms with Crippen molar-refractivity contribution in [1.29, 1.82) is 0 Å². The van der Waals surface area contributed by atoms with Crippen molar-refractivity contribution in [1.82, 2.24) is 0 Å². The number of ether oxygens (including phenoxy) is 5. The Hall–Kier alpha value is -2.96. The predicted octanol–water partition coefficient (Wildman–Crippen LogP) is 10.6. The molecule has 1 aliphatic rings. The summed E-state index contributed by atoms with van der Waals surface area (Å²) < 4.78 is 44.4. The number of esters is 1. The summed E-state index contributed by atoms with van der Waals surface area (Å²) in [4.78, 5) is 12.2. The molecule has 0 saturated heterocycles. The molecule has 3 rings (SSSR count). The van der Waals surface area contributed by atoms with Crippen LogP contribution in [0.15, 0.2) is 72.8 Å². The summed E-state index contributed by atoms with van der Waals surface area (Å²) in [7, 11) is -3.30. The standard InChI is InChI=1S/C45H70O8Si3/c1-14-56(15-2,16-3)53-45(7,29-27-38-23-20-24-43(46)51-38)42(50-35-49-33-37-25-26-40(47-8)41(31-37)48-9)32-39(52-55(12,13)44(4,5)6)28-30-54(10,11)34-36-21-18-17-19-22-36/h17-22,24-27,29,31,38-39,42H,14-16,23,32-35H2,1-13H3/b29-27+/t38-,39+,42-,45-/m1/s1. The summed E-state index contributed by atoms with van der Waals surface area (Å²) in [5.41, 5.74) is 5.10. The number of rotatable bonds is 21. The molecule has 4 atom stereocenters. The zero-order valence-corrected chi connectivity index (χ0v) is 39.6. The zero-order chi connectivity index (χ0) is 41.6. The lowest BCUT2D eigenvalue weighted by Gasteiger charge is -2.45. The average molecular weight is 823 g/mol. The zero-order valence-electron chi connectivity index (χ0n) is 36.6. The van der Waals surface area contributed by atoms with Crippen LogP contribution in [0.2, 0.25) is 49.4 Å². The van der Waals surface area contributed by atoms with Crippen molar-refractivity contribution >= 4 is 30.7 Å². The van der Waals surface area contributed by atoms with Crippen molar-refractivity contribution in [2.24, 2.45) is 0 Å². The molecule has 0 spiro atoms. The fourth-order valence-corrected chi connectivity index (χ4v) is 12.8. The molecule has 0 saturated carbocycles. The third-order valence-electron chi connectivity index (χ3n) is 11.3. The molecule has 0 aromatic heterocycles. The lowest BCUT2D eigenvalue weighted by Crippen LogP contribution is -2.53. The summed E-state index contributed by atoms with van der Waals surface area (Å²) >= 11 is 0. The van der Waals surface area contributed by atoms with Gasteiger partial charge in [-0.1, -0.05) is 109 Å². The number of benzene rings is 2. The van der Waals surface area contributed by atoms with E-state index in [0.717, 1.165) is 29.7 Å². The third-order valence-corrected chi connectivity index (χ3v) is 22.7. The first kappa shape index (κ1) is 47.4. The fourth-order valence-electron chi connectivity index (χ4n) is 6.61. The molecule has 0 unspecified atom stereocenters. The Morgan fingerprint density at radius 2 is 1.57 bits per heavy atom. The van der Waals surface area contributed by atoms with Crippen LogP contribution in [0.25, 0.3) is 0 Å². The molecule has 0 bridgehead atoms. The van der Waals surface area contributed by atoms with Crippen molar-refractivity contribution in [3.63, 3.8) is 0 Å². The number of methoxy groups -OCH3 is 2. The van der Waals surface area contributed by atoms with Crippen molar-refractivity contribution in [2.45, 2.75) is 147 Å². The highest BCUT2D eigenvalue weighted by atomic mass is 28.4. The van der Waals surface area contributed by atoms with Gasteiger partial charge in [-0.25, -0.2) is 4.79 Å². The van der Waals surface area contributed by atoms with Crippen LogP contribution in [0.4, 0.5) is 0 Å². The van der Waals surface area contributed by atoms with Gasteiger partial charge in [0, 0.05) is 18.9 Å². The van der Waals surface area contributed by atoms with E-state index in [4.69, 9.17) is 32.5 Å². The minimum absolute atomic E-state index is 0.0143. The number of hydrogen-bond donors (Lipinski definition) is 0. The average Bonchev–Trinajstić information content (AvgIpc) is 3.16. The highest BCUT2D eigenvalue weighted by molar-refractivity contribution is 6.84. The minimum Gasteiger partial charge on any atom is -0.493 e. The van der Waals surface area contributed by atoms with Gasteiger partial charge in [0.15, 0.2) is 28.1 Å². The summed E-state index contributed by atoms with van der Waals surface area (Å²) in [6.45, 7) is 25.1. The first-order valence-electron chi connectivity index (χ1n) is 20.2. The van der Waals surface area contributed by atoms with E-state index in [1.54, 1.807) is 14.2 Å². The van der Waals surface area contributed by atoms with Gasteiger partial charge in [0.1, 0.15) is 27.1 Å². The second-order valence-corrected chi connectivity index (χ2v) is 31.1. The first-order valence-corrected chi connectivity index (χ1v) is 28.9. The molecule has 0 fully saturated rings. The van der Waals surface area contributed by atoms with Crippen molar-refractivity contribution < 1.29 is 37.3 Å². The molecule has 310 valence electrons. The van der Waals surface area contributed by atoms with Crippen molar-refractivity contribution in [3.8, 4) is 23.0 Å². The Bertz CT molecular complexity index is 1640. The van der Waals surface area contributed by atoms with E-state index in [2.05, 4.69) is 123 Å². The van der Waals surface area contributed by atoms with Crippen molar-refractivity contribution in [2.75, 3.05) is 21.0 Å². The van der Waals surface area contributed by atoms with Gasteiger partial charge in [-0.3, -0.25) is 0 Å². The van der Waals surface area contributed by atoms with Gasteiger partial charge >= 0.3 is 5.97 Å². The molecule has 0 radical (unpaired) electrons. The van der Waals surface area contributed by atoms with Crippen molar-refractivity contribution in [3.05, 3.63) is 84.0 Å². The Kier molecular flexibility index (Phi) is 17.9. The normalized spacial score (nSPS) is 17.4. The molecular formula is C45H70O8Si3. The van der Waals surface area contributed by atoms with Gasteiger partial charge in [0.2, 0.25) is 0 Å². The van der Waals surface area contributed by atoms with E-state index >= 15 is 0 Å². The summed E-state index contributed by atoms with van der Waals surface area (Å²) in [6.07, 6.45) is 7.10. The highest BCUT2D eigenvalue weighted by Crippen LogP contribution is 2.40. The summed E-state index contributed by atoms with van der Waals surface area (Å²) in [5.74, 6) is 4.65.